The van der Waals surface area contributed by atoms with Crippen LogP contribution in [-0.2, 0) is 14.6 Å². The third kappa shape index (κ3) is 2.38. The van der Waals surface area contributed by atoms with Gasteiger partial charge < -0.3 is 4.74 Å². The lowest BCUT2D eigenvalue weighted by molar-refractivity contribution is 0.0513. The summed E-state index contributed by atoms with van der Waals surface area (Å²) in [4.78, 5) is 15.9. The van der Waals surface area contributed by atoms with Crippen molar-refractivity contribution in [1.82, 2.24) is 9.38 Å². The van der Waals surface area contributed by atoms with Crippen molar-refractivity contribution < 1.29 is 22.3 Å². The zero-order valence-corrected chi connectivity index (χ0v) is 11.8. The van der Waals surface area contributed by atoms with Crippen LogP contribution in [0.25, 0.3) is 5.65 Å². The summed E-state index contributed by atoms with van der Waals surface area (Å²) in [5.41, 5.74) is -0.107. The number of halogens is 1. The van der Waals surface area contributed by atoms with Gasteiger partial charge in [-0.3, -0.25) is 4.40 Å². The monoisotopic (exact) mass is 300 g/mol. The molecule has 8 heteroatoms. The van der Waals surface area contributed by atoms with Crippen molar-refractivity contribution in [2.45, 2.75) is 18.9 Å². The van der Waals surface area contributed by atoms with E-state index in [2.05, 4.69) is 4.98 Å². The van der Waals surface area contributed by atoms with E-state index < -0.39 is 21.6 Å². The lowest BCUT2D eigenvalue weighted by Gasteiger charge is -2.04. The normalized spacial score (nSPS) is 11.8. The molecule has 20 heavy (non-hydrogen) atoms. The maximum absolute atomic E-state index is 13.3. The highest BCUT2D eigenvalue weighted by molar-refractivity contribution is 7.91. The topological polar surface area (TPSA) is 77.7 Å². The first-order valence-corrected chi connectivity index (χ1v) is 7.63. The van der Waals surface area contributed by atoms with Crippen molar-refractivity contribution in [2.75, 3.05) is 12.4 Å². The van der Waals surface area contributed by atoms with Crippen LogP contribution < -0.4 is 0 Å². The summed E-state index contributed by atoms with van der Waals surface area (Å²) in [6.07, 6.45) is 1.00. The molecule has 0 aliphatic rings. The molecule has 0 fully saturated rings. The molecule has 0 bridgehead atoms. The van der Waals surface area contributed by atoms with Gasteiger partial charge in [0.1, 0.15) is 11.5 Å². The van der Waals surface area contributed by atoms with Crippen molar-refractivity contribution in [3.8, 4) is 0 Å². The number of fused-ring (bicyclic) bond motifs is 1. The van der Waals surface area contributed by atoms with Crippen molar-refractivity contribution in [3.05, 3.63) is 29.8 Å². The minimum Gasteiger partial charge on any atom is -0.461 e. The molecule has 0 saturated heterocycles. The predicted molar refractivity (Wildman–Crippen MR) is 68.8 cm³/mol. The fourth-order valence-electron chi connectivity index (χ4n) is 1.74. The second kappa shape index (κ2) is 5.20. The quantitative estimate of drug-likeness (QED) is 0.798. The summed E-state index contributed by atoms with van der Waals surface area (Å²) >= 11 is 0. The molecule has 0 aliphatic carbocycles. The zero-order chi connectivity index (χ0) is 14.9. The molecule has 0 N–H and O–H groups in total. The van der Waals surface area contributed by atoms with Gasteiger partial charge in [0, 0.05) is 6.20 Å². The highest BCUT2D eigenvalue weighted by atomic mass is 32.2. The summed E-state index contributed by atoms with van der Waals surface area (Å²) in [5, 5.41) is -0.385. The Morgan fingerprint density at radius 1 is 1.40 bits per heavy atom. The van der Waals surface area contributed by atoms with Crippen LogP contribution in [0.2, 0.25) is 0 Å². The number of hydrogen-bond donors (Lipinski definition) is 0. The molecule has 2 aromatic rings. The maximum Gasteiger partial charge on any atom is 0.358 e. The molecule has 0 aromatic carbocycles. The SMILES string of the molecule is CCOC(=O)c1c(S(=O)(=O)CC)nc2ccc(F)cn12. The highest BCUT2D eigenvalue weighted by Gasteiger charge is 2.28. The number of pyridine rings is 1. The van der Waals surface area contributed by atoms with E-state index >= 15 is 0 Å². The third-order valence-electron chi connectivity index (χ3n) is 2.69. The molecule has 0 spiro atoms. The second-order valence-corrected chi connectivity index (χ2v) is 6.16. The van der Waals surface area contributed by atoms with Gasteiger partial charge in [0.2, 0.25) is 0 Å². The average molecular weight is 300 g/mol. The van der Waals surface area contributed by atoms with Crippen molar-refractivity contribution in [2.24, 2.45) is 0 Å². The number of ether oxygens (including phenoxy) is 1. The second-order valence-electron chi connectivity index (χ2n) is 3.96. The van der Waals surface area contributed by atoms with Gasteiger partial charge in [-0.2, -0.15) is 0 Å². The number of aromatic nitrogens is 2. The number of rotatable bonds is 4. The lowest BCUT2D eigenvalue weighted by Crippen LogP contribution is -2.15. The molecule has 2 rings (SSSR count). The first kappa shape index (κ1) is 14.4. The number of nitrogens with zero attached hydrogens (tertiary/aromatic N) is 2. The molecule has 0 aliphatic heterocycles. The number of hydrogen-bond acceptors (Lipinski definition) is 5. The smallest absolute Gasteiger partial charge is 0.358 e. The molecular formula is C12H13FN2O4S. The van der Waals surface area contributed by atoms with Crippen molar-refractivity contribution >= 4 is 21.5 Å². The number of imidazole rings is 1. The van der Waals surface area contributed by atoms with Gasteiger partial charge in [0.15, 0.2) is 20.6 Å². The Morgan fingerprint density at radius 3 is 2.70 bits per heavy atom. The summed E-state index contributed by atoms with van der Waals surface area (Å²) < 4.78 is 43.2. The van der Waals surface area contributed by atoms with Crippen molar-refractivity contribution in [3.63, 3.8) is 0 Å². The van der Waals surface area contributed by atoms with E-state index in [9.17, 15) is 17.6 Å². The number of sulfone groups is 1. The van der Waals surface area contributed by atoms with Crippen LogP contribution in [-0.4, -0.2) is 36.1 Å². The Bertz CT molecular complexity index is 767. The zero-order valence-electron chi connectivity index (χ0n) is 11.0. The summed E-state index contributed by atoms with van der Waals surface area (Å²) in [6, 6.07) is 2.44. The highest BCUT2D eigenvalue weighted by Crippen LogP contribution is 2.20. The lowest BCUT2D eigenvalue weighted by atomic mass is 10.4. The molecule has 0 saturated carbocycles. The number of carbonyl (C=O) groups excluding carboxylic acids is 1. The standard InChI is InChI=1S/C12H13FN2O4S/c1-3-19-12(16)10-11(20(17,18)4-2)14-9-6-5-8(13)7-15(9)10/h5-7H,3-4H2,1-2H3. The molecule has 6 nitrogen and oxygen atoms in total. The third-order valence-corrected chi connectivity index (χ3v) is 4.33. The Labute approximate surface area is 115 Å². The summed E-state index contributed by atoms with van der Waals surface area (Å²) in [5.74, 6) is -1.68. The predicted octanol–water partition coefficient (Wildman–Crippen LogP) is 1.44. The van der Waals surface area contributed by atoms with Gasteiger partial charge in [0.05, 0.1) is 12.4 Å². The van der Waals surface area contributed by atoms with E-state index in [-0.39, 0.29) is 28.7 Å². The van der Waals surface area contributed by atoms with Crippen LogP contribution in [0.15, 0.2) is 23.4 Å². The van der Waals surface area contributed by atoms with Gasteiger partial charge in [-0.05, 0) is 19.1 Å². The minimum atomic E-state index is -3.72. The fourth-order valence-corrected chi connectivity index (χ4v) is 2.72. The molecule has 0 amide bonds. The summed E-state index contributed by atoms with van der Waals surface area (Å²) in [6.45, 7) is 3.11. The molecule has 108 valence electrons. The molecule has 0 atom stereocenters. The van der Waals surface area contributed by atoms with Crippen LogP contribution in [0.3, 0.4) is 0 Å². The van der Waals surface area contributed by atoms with E-state index in [0.717, 1.165) is 16.7 Å². The van der Waals surface area contributed by atoms with Gasteiger partial charge in [0.25, 0.3) is 0 Å². The minimum absolute atomic E-state index is 0.0764. The van der Waals surface area contributed by atoms with Gasteiger partial charge in [-0.15, -0.1) is 0 Å². The van der Waals surface area contributed by atoms with E-state index in [1.54, 1.807) is 6.92 Å². The van der Waals surface area contributed by atoms with Crippen LogP contribution >= 0.6 is 0 Å². The molecular weight excluding hydrogens is 287 g/mol. The van der Waals surface area contributed by atoms with E-state index in [1.165, 1.54) is 13.0 Å². The molecule has 2 heterocycles. The van der Waals surface area contributed by atoms with Gasteiger partial charge >= 0.3 is 5.97 Å². The van der Waals surface area contributed by atoms with Crippen LogP contribution in [0.5, 0.6) is 0 Å². The van der Waals surface area contributed by atoms with Crippen LogP contribution in [0, 0.1) is 5.82 Å². The Hall–Kier alpha value is -1.96. The largest absolute Gasteiger partial charge is 0.461 e. The summed E-state index contributed by atoms with van der Waals surface area (Å²) in [7, 11) is -3.72. The Balaban J connectivity index is 2.80. The molecule has 2 aromatic heterocycles. The maximum atomic E-state index is 13.3. The van der Waals surface area contributed by atoms with E-state index in [0.29, 0.717) is 0 Å². The first-order chi connectivity index (χ1) is 9.40. The molecule has 0 radical (unpaired) electrons. The first-order valence-electron chi connectivity index (χ1n) is 5.98. The average Bonchev–Trinajstić information content (AvgIpc) is 2.78. The Morgan fingerprint density at radius 2 is 2.10 bits per heavy atom. The van der Waals surface area contributed by atoms with Gasteiger partial charge in [-0.1, -0.05) is 6.92 Å². The van der Waals surface area contributed by atoms with E-state index in [4.69, 9.17) is 4.74 Å². The number of esters is 1. The van der Waals surface area contributed by atoms with Crippen LogP contribution in [0.4, 0.5) is 4.39 Å². The fraction of sp³-hybridized carbons (Fsp3) is 0.333. The number of carbonyl (C=O) groups is 1. The van der Waals surface area contributed by atoms with Gasteiger partial charge in [-0.25, -0.2) is 22.6 Å². The van der Waals surface area contributed by atoms with E-state index in [1.807, 2.05) is 0 Å². The molecule has 0 unspecified atom stereocenters. The van der Waals surface area contributed by atoms with Crippen LogP contribution in [0.1, 0.15) is 24.3 Å². The Kier molecular flexibility index (Phi) is 3.76. The van der Waals surface area contributed by atoms with Crippen molar-refractivity contribution in [1.29, 1.82) is 0 Å².